The maximum absolute atomic E-state index is 6.02. The topological polar surface area (TPSA) is 15.6 Å². The van der Waals surface area contributed by atoms with Crippen LogP contribution in [-0.2, 0) is 6.54 Å². The van der Waals surface area contributed by atoms with Crippen molar-refractivity contribution >= 4 is 23.1 Å². The monoisotopic (exact) mass is 234 g/mol. The van der Waals surface area contributed by atoms with Gasteiger partial charge in [-0.3, -0.25) is 0 Å². The van der Waals surface area contributed by atoms with E-state index in [4.69, 9.17) is 16.6 Å². The smallest absolute Gasteiger partial charge is 0.105 e. The van der Waals surface area contributed by atoms with Crippen molar-refractivity contribution in [3.8, 4) is 0 Å². The van der Waals surface area contributed by atoms with Gasteiger partial charge in [0.25, 0.3) is 0 Å². The summed E-state index contributed by atoms with van der Waals surface area (Å²) >= 11 is 6.02. The van der Waals surface area contributed by atoms with E-state index in [1.165, 1.54) is 30.7 Å². The minimum Gasteiger partial charge on any atom is -0.356 e. The zero-order chi connectivity index (χ0) is 11.0. The SMILES string of the molecule is Clc1ccc2c(c1)CN1CCCCCC1=N2. The fourth-order valence-corrected chi connectivity index (χ4v) is 2.68. The molecule has 0 atom stereocenters. The molecule has 16 heavy (non-hydrogen) atoms. The zero-order valence-corrected chi connectivity index (χ0v) is 10.0. The van der Waals surface area contributed by atoms with Crippen LogP contribution in [0.3, 0.4) is 0 Å². The van der Waals surface area contributed by atoms with Crippen LogP contribution in [0.2, 0.25) is 5.02 Å². The van der Waals surface area contributed by atoms with E-state index >= 15 is 0 Å². The fraction of sp³-hybridized carbons (Fsp3) is 0.462. The van der Waals surface area contributed by atoms with Crippen LogP contribution in [0.25, 0.3) is 0 Å². The Balaban J connectivity index is 1.99. The molecular weight excluding hydrogens is 220 g/mol. The summed E-state index contributed by atoms with van der Waals surface area (Å²) in [6.45, 7) is 2.12. The molecule has 0 N–H and O–H groups in total. The highest BCUT2D eigenvalue weighted by Crippen LogP contribution is 2.31. The molecule has 2 nitrogen and oxygen atoms in total. The van der Waals surface area contributed by atoms with Crippen LogP contribution in [0.5, 0.6) is 0 Å². The van der Waals surface area contributed by atoms with Crippen molar-refractivity contribution in [1.82, 2.24) is 4.90 Å². The van der Waals surface area contributed by atoms with Gasteiger partial charge >= 0.3 is 0 Å². The number of halogens is 1. The molecule has 0 bridgehead atoms. The predicted molar refractivity (Wildman–Crippen MR) is 67.4 cm³/mol. The third kappa shape index (κ3) is 1.82. The summed E-state index contributed by atoms with van der Waals surface area (Å²) in [6, 6.07) is 6.01. The van der Waals surface area contributed by atoms with E-state index in [-0.39, 0.29) is 0 Å². The number of amidine groups is 1. The normalized spacial score (nSPS) is 19.6. The minimum absolute atomic E-state index is 0.812. The summed E-state index contributed by atoms with van der Waals surface area (Å²) in [5.74, 6) is 1.27. The summed E-state index contributed by atoms with van der Waals surface area (Å²) < 4.78 is 0. The molecule has 1 aromatic rings. The minimum atomic E-state index is 0.812. The number of hydrogen-bond donors (Lipinski definition) is 0. The first kappa shape index (κ1) is 10.2. The summed E-state index contributed by atoms with van der Waals surface area (Å²) in [5.41, 5.74) is 2.37. The molecule has 1 aromatic carbocycles. The predicted octanol–water partition coefficient (Wildman–Crippen LogP) is 3.76. The van der Waals surface area contributed by atoms with Crippen LogP contribution in [0.15, 0.2) is 23.2 Å². The quantitative estimate of drug-likeness (QED) is 0.668. The molecule has 0 amide bonds. The average Bonchev–Trinajstić information content (AvgIpc) is 2.50. The van der Waals surface area contributed by atoms with E-state index in [0.29, 0.717) is 0 Å². The lowest BCUT2D eigenvalue weighted by Crippen LogP contribution is -2.32. The van der Waals surface area contributed by atoms with E-state index in [1.54, 1.807) is 0 Å². The molecule has 1 saturated heterocycles. The molecule has 2 aliphatic heterocycles. The van der Waals surface area contributed by atoms with Crippen molar-refractivity contribution in [2.75, 3.05) is 6.54 Å². The summed E-state index contributed by atoms with van der Waals surface area (Å²) in [5, 5.41) is 0.812. The van der Waals surface area contributed by atoms with Crippen LogP contribution in [0.4, 0.5) is 5.69 Å². The third-order valence-electron chi connectivity index (χ3n) is 3.35. The molecule has 0 aliphatic carbocycles. The molecule has 0 spiro atoms. The number of nitrogens with zero attached hydrogens (tertiary/aromatic N) is 2. The zero-order valence-electron chi connectivity index (χ0n) is 9.25. The Bertz CT molecular complexity index is 440. The van der Waals surface area contributed by atoms with Gasteiger partial charge < -0.3 is 4.90 Å². The fourth-order valence-electron chi connectivity index (χ4n) is 2.48. The number of fused-ring (bicyclic) bond motifs is 2. The van der Waals surface area contributed by atoms with Crippen LogP contribution in [0, 0.1) is 0 Å². The van der Waals surface area contributed by atoms with Gasteiger partial charge in [0.2, 0.25) is 0 Å². The Morgan fingerprint density at radius 1 is 1.19 bits per heavy atom. The molecule has 0 radical (unpaired) electrons. The van der Waals surface area contributed by atoms with E-state index < -0.39 is 0 Å². The Morgan fingerprint density at radius 3 is 3.06 bits per heavy atom. The van der Waals surface area contributed by atoms with Crippen molar-refractivity contribution in [3.63, 3.8) is 0 Å². The van der Waals surface area contributed by atoms with Crippen LogP contribution >= 0.6 is 11.6 Å². The second kappa shape index (κ2) is 4.10. The highest BCUT2D eigenvalue weighted by molar-refractivity contribution is 6.30. The lowest BCUT2D eigenvalue weighted by atomic mass is 10.1. The highest BCUT2D eigenvalue weighted by Gasteiger charge is 2.21. The number of hydrogen-bond acceptors (Lipinski definition) is 2. The molecule has 84 valence electrons. The van der Waals surface area contributed by atoms with Gasteiger partial charge in [-0.1, -0.05) is 18.0 Å². The van der Waals surface area contributed by atoms with Crippen molar-refractivity contribution in [1.29, 1.82) is 0 Å². The van der Waals surface area contributed by atoms with Gasteiger partial charge in [0.15, 0.2) is 0 Å². The standard InChI is InChI=1S/C13H15ClN2/c14-11-5-6-12-10(8-11)9-16-7-3-1-2-4-13(16)15-12/h5-6,8H,1-4,7,9H2. The summed E-state index contributed by atoms with van der Waals surface area (Å²) in [6.07, 6.45) is 5.02. The first-order valence-electron chi connectivity index (χ1n) is 5.94. The number of benzene rings is 1. The van der Waals surface area contributed by atoms with Gasteiger partial charge in [-0.15, -0.1) is 0 Å². The van der Waals surface area contributed by atoms with Crippen molar-refractivity contribution < 1.29 is 0 Å². The van der Waals surface area contributed by atoms with Crippen LogP contribution in [0.1, 0.15) is 31.2 Å². The van der Waals surface area contributed by atoms with Gasteiger partial charge in [0, 0.05) is 24.5 Å². The summed E-state index contributed by atoms with van der Waals surface area (Å²) in [7, 11) is 0. The van der Waals surface area contributed by atoms with Gasteiger partial charge in [-0.05, 0) is 36.6 Å². The maximum atomic E-state index is 6.02. The second-order valence-corrected chi connectivity index (χ2v) is 4.97. The van der Waals surface area contributed by atoms with Crippen molar-refractivity contribution in [2.45, 2.75) is 32.2 Å². The molecule has 2 heterocycles. The molecule has 0 unspecified atom stereocenters. The van der Waals surface area contributed by atoms with Gasteiger partial charge in [0.1, 0.15) is 5.84 Å². The van der Waals surface area contributed by atoms with Crippen molar-refractivity contribution in [3.05, 3.63) is 28.8 Å². The van der Waals surface area contributed by atoms with E-state index in [1.807, 2.05) is 18.2 Å². The van der Waals surface area contributed by atoms with E-state index in [9.17, 15) is 0 Å². The molecule has 1 fully saturated rings. The molecule has 3 heteroatoms. The van der Waals surface area contributed by atoms with Gasteiger partial charge in [0.05, 0.1) is 5.69 Å². The van der Waals surface area contributed by atoms with Gasteiger partial charge in [-0.2, -0.15) is 0 Å². The second-order valence-electron chi connectivity index (χ2n) is 4.53. The average molecular weight is 235 g/mol. The van der Waals surface area contributed by atoms with Crippen LogP contribution in [-0.4, -0.2) is 17.3 Å². The number of aliphatic imine (C=N–C) groups is 1. The summed E-state index contributed by atoms with van der Waals surface area (Å²) in [4.78, 5) is 7.16. The molecule has 2 aliphatic rings. The maximum Gasteiger partial charge on any atom is 0.105 e. The van der Waals surface area contributed by atoms with Crippen LogP contribution < -0.4 is 0 Å². The Hall–Kier alpha value is -1.02. The molecule has 0 aromatic heterocycles. The Labute approximate surface area is 101 Å². The molecular formula is C13H15ClN2. The highest BCUT2D eigenvalue weighted by atomic mass is 35.5. The molecule has 3 rings (SSSR count). The van der Waals surface area contributed by atoms with Gasteiger partial charge in [-0.25, -0.2) is 4.99 Å². The van der Waals surface area contributed by atoms with Crippen molar-refractivity contribution in [2.24, 2.45) is 4.99 Å². The number of rotatable bonds is 0. The van der Waals surface area contributed by atoms with E-state index in [0.717, 1.165) is 30.2 Å². The van der Waals surface area contributed by atoms with E-state index in [2.05, 4.69) is 4.90 Å². The molecule has 0 saturated carbocycles. The lowest BCUT2D eigenvalue weighted by molar-refractivity contribution is 0.403. The lowest BCUT2D eigenvalue weighted by Gasteiger charge is -2.29. The Morgan fingerprint density at radius 2 is 2.12 bits per heavy atom. The largest absolute Gasteiger partial charge is 0.356 e. The third-order valence-corrected chi connectivity index (χ3v) is 3.58. The Kier molecular flexibility index (Phi) is 2.60. The first-order valence-corrected chi connectivity index (χ1v) is 6.32. The first-order chi connectivity index (χ1) is 7.83.